The van der Waals surface area contributed by atoms with Crippen molar-refractivity contribution in [1.29, 1.82) is 0 Å². The van der Waals surface area contributed by atoms with E-state index in [1.54, 1.807) is 27.7 Å². The minimum absolute atomic E-state index is 0.156. The summed E-state index contributed by atoms with van der Waals surface area (Å²) in [6.45, 7) is 6.86. The van der Waals surface area contributed by atoms with Crippen LogP contribution in [0.2, 0.25) is 0 Å². The Bertz CT molecular complexity index is 164. The van der Waals surface area contributed by atoms with Crippen molar-refractivity contribution in [3.05, 3.63) is 0 Å². The van der Waals surface area contributed by atoms with Crippen molar-refractivity contribution in [2.45, 2.75) is 45.1 Å². The van der Waals surface area contributed by atoms with Gasteiger partial charge in [-0.15, -0.1) is 4.72 Å². The predicted octanol–water partition coefficient (Wildman–Crippen LogP) is 1.67. The highest BCUT2D eigenvalue weighted by Gasteiger charge is 2.33. The van der Waals surface area contributed by atoms with Crippen LogP contribution in [0.15, 0.2) is 0 Å². The van der Waals surface area contributed by atoms with Gasteiger partial charge < -0.3 is 9.29 Å². The van der Waals surface area contributed by atoms with E-state index in [2.05, 4.69) is 4.72 Å². The van der Waals surface area contributed by atoms with Crippen LogP contribution in [0.1, 0.15) is 27.7 Å². The molecule has 3 nitrogen and oxygen atoms in total. The molecular weight excluding hydrogens is 212 g/mol. The summed E-state index contributed by atoms with van der Waals surface area (Å²) in [5, 5.41) is 0. The lowest BCUT2D eigenvalue weighted by molar-refractivity contribution is -0.0571. The van der Waals surface area contributed by atoms with Gasteiger partial charge in [0.2, 0.25) is 6.23 Å². The van der Waals surface area contributed by atoms with Crippen molar-refractivity contribution in [3.63, 3.8) is 0 Å². The lowest BCUT2D eigenvalue weighted by Gasteiger charge is -2.27. The normalized spacial score (nSPS) is 17.1. The Balaban J connectivity index is 4.16. The summed E-state index contributed by atoms with van der Waals surface area (Å²) in [7, 11) is 0. The molecule has 0 aromatic carbocycles. The molecule has 2 atom stereocenters. The molecule has 0 rings (SSSR count). The molecule has 0 saturated carbocycles. The molecule has 0 bridgehead atoms. The highest BCUT2D eigenvalue weighted by Crippen LogP contribution is 2.15. The minimum atomic E-state index is -2.68. The smallest absolute Gasteiger partial charge is 0.281 e. The van der Waals surface area contributed by atoms with E-state index in [0.717, 1.165) is 0 Å². The Labute approximate surface area is 86.5 Å². The van der Waals surface area contributed by atoms with Crippen LogP contribution in [-0.4, -0.2) is 28.6 Å². The van der Waals surface area contributed by atoms with E-state index in [1.807, 2.05) is 0 Å². The molecule has 0 aliphatic rings. The fourth-order valence-electron chi connectivity index (χ4n) is 0.620. The van der Waals surface area contributed by atoms with E-state index in [4.69, 9.17) is 4.74 Å². The lowest BCUT2D eigenvalue weighted by Crippen LogP contribution is -2.48. The first-order valence-electron chi connectivity index (χ1n) is 4.36. The molecular formula is C8H17F2NO2S. The predicted molar refractivity (Wildman–Crippen MR) is 52.4 cm³/mol. The Hall–Kier alpha value is 0.0900. The van der Waals surface area contributed by atoms with Crippen molar-refractivity contribution in [2.75, 3.05) is 6.61 Å². The molecule has 0 fully saturated rings. The maximum Gasteiger partial charge on any atom is 0.281 e. The summed E-state index contributed by atoms with van der Waals surface area (Å²) in [4.78, 5) is 0. The van der Waals surface area contributed by atoms with Crippen LogP contribution in [0, 0.1) is 0 Å². The molecule has 1 N–H and O–H groups in total. The maximum atomic E-state index is 12.3. The Morgan fingerprint density at radius 2 is 1.93 bits per heavy atom. The molecule has 0 unspecified atom stereocenters. The largest absolute Gasteiger partial charge is 0.598 e. The van der Waals surface area contributed by atoms with Crippen LogP contribution in [0.5, 0.6) is 0 Å². The molecule has 14 heavy (non-hydrogen) atoms. The van der Waals surface area contributed by atoms with E-state index in [1.165, 1.54) is 0 Å². The van der Waals surface area contributed by atoms with Crippen molar-refractivity contribution in [3.8, 4) is 0 Å². The number of nitrogens with one attached hydrogen (secondary N) is 1. The summed E-state index contributed by atoms with van der Waals surface area (Å²) in [5.41, 5.74) is 0. The van der Waals surface area contributed by atoms with E-state index in [9.17, 15) is 13.3 Å². The van der Waals surface area contributed by atoms with Crippen LogP contribution in [0.3, 0.4) is 0 Å². The molecule has 0 heterocycles. The average Bonchev–Trinajstić information content (AvgIpc) is 2.01. The van der Waals surface area contributed by atoms with Crippen molar-refractivity contribution >= 4 is 11.4 Å². The third-order valence-corrected chi connectivity index (χ3v) is 2.91. The zero-order valence-corrected chi connectivity index (χ0v) is 9.66. The molecule has 6 heteroatoms. The second-order valence-corrected chi connectivity index (χ2v) is 5.71. The first kappa shape index (κ1) is 14.1. The van der Waals surface area contributed by atoms with Crippen LogP contribution in [-0.2, 0) is 16.1 Å². The second-order valence-electron chi connectivity index (χ2n) is 3.71. The van der Waals surface area contributed by atoms with Gasteiger partial charge in [-0.25, -0.2) is 8.78 Å². The molecule has 0 aliphatic carbocycles. The second kappa shape index (κ2) is 5.85. The zero-order valence-electron chi connectivity index (χ0n) is 8.84. The Morgan fingerprint density at radius 3 is 2.21 bits per heavy atom. The molecule has 0 spiro atoms. The minimum Gasteiger partial charge on any atom is -0.598 e. The summed E-state index contributed by atoms with van der Waals surface area (Å²) in [6.07, 6.45) is -4.14. The molecule has 86 valence electrons. The standard InChI is InChI=1S/C8H17F2NO2S/c1-5-13-7(6(9)10)11-14(12)8(2,3)4/h6-7,11H,5H2,1-4H3/t7-,14-/m0/s1. The van der Waals surface area contributed by atoms with Crippen molar-refractivity contribution in [1.82, 2.24) is 4.72 Å². The zero-order chi connectivity index (χ0) is 11.4. The van der Waals surface area contributed by atoms with E-state index < -0.39 is 28.8 Å². The SMILES string of the molecule is CCO[C@H](N[S@@+]([O-])C(C)(C)C)C(F)F. The number of ether oxygens (including phenoxy) is 1. The maximum absolute atomic E-state index is 12.3. The van der Waals surface area contributed by atoms with Gasteiger partial charge >= 0.3 is 0 Å². The number of alkyl halides is 2. The molecule has 0 amide bonds. The van der Waals surface area contributed by atoms with Crippen molar-refractivity contribution in [2.24, 2.45) is 0 Å². The molecule has 0 aromatic heterocycles. The van der Waals surface area contributed by atoms with Gasteiger partial charge in [0.1, 0.15) is 4.75 Å². The Kier molecular flexibility index (Phi) is 5.88. The van der Waals surface area contributed by atoms with Crippen LogP contribution < -0.4 is 4.72 Å². The van der Waals surface area contributed by atoms with Gasteiger partial charge in [-0.2, -0.15) is 0 Å². The number of hydrogen-bond donors (Lipinski definition) is 1. The highest BCUT2D eigenvalue weighted by atomic mass is 32.2. The molecule has 0 aliphatic heterocycles. The summed E-state index contributed by atoms with van der Waals surface area (Å²) >= 11 is -1.54. The first-order valence-corrected chi connectivity index (χ1v) is 5.51. The monoisotopic (exact) mass is 229 g/mol. The van der Waals surface area contributed by atoms with Gasteiger partial charge in [0.25, 0.3) is 6.43 Å². The van der Waals surface area contributed by atoms with Gasteiger partial charge in [-0.1, -0.05) is 0 Å². The third kappa shape index (κ3) is 5.09. The fraction of sp³-hybridized carbons (Fsp3) is 1.00. The molecule has 0 saturated heterocycles. The third-order valence-electron chi connectivity index (χ3n) is 1.35. The molecule has 0 radical (unpaired) electrons. The van der Waals surface area contributed by atoms with E-state index in [-0.39, 0.29) is 6.61 Å². The van der Waals surface area contributed by atoms with Crippen LogP contribution >= 0.6 is 0 Å². The van der Waals surface area contributed by atoms with Gasteiger partial charge in [-0.3, -0.25) is 0 Å². The van der Waals surface area contributed by atoms with Crippen LogP contribution in [0.4, 0.5) is 8.78 Å². The van der Waals surface area contributed by atoms with Gasteiger partial charge in [0.05, 0.1) is 0 Å². The van der Waals surface area contributed by atoms with Crippen LogP contribution in [0.25, 0.3) is 0 Å². The number of hydrogen-bond acceptors (Lipinski definition) is 3. The summed E-state index contributed by atoms with van der Waals surface area (Å²) < 4.78 is 42.5. The number of halogens is 2. The Morgan fingerprint density at radius 1 is 1.43 bits per heavy atom. The average molecular weight is 229 g/mol. The highest BCUT2D eigenvalue weighted by molar-refractivity contribution is 7.90. The fourth-order valence-corrected chi connectivity index (χ4v) is 1.36. The summed E-state index contributed by atoms with van der Waals surface area (Å²) in [6, 6.07) is 0. The van der Waals surface area contributed by atoms with E-state index >= 15 is 0 Å². The summed E-state index contributed by atoms with van der Waals surface area (Å²) in [5.74, 6) is 0. The lowest BCUT2D eigenvalue weighted by atomic mass is 10.3. The quantitative estimate of drug-likeness (QED) is 0.576. The number of rotatable bonds is 5. The van der Waals surface area contributed by atoms with Gasteiger partial charge in [0, 0.05) is 18.0 Å². The van der Waals surface area contributed by atoms with Crippen molar-refractivity contribution < 1.29 is 18.1 Å². The topological polar surface area (TPSA) is 44.3 Å². The van der Waals surface area contributed by atoms with E-state index in [0.29, 0.717) is 0 Å². The molecule has 0 aromatic rings. The van der Waals surface area contributed by atoms with Gasteiger partial charge in [-0.05, 0) is 27.7 Å². The first-order chi connectivity index (χ1) is 6.29. The van der Waals surface area contributed by atoms with Gasteiger partial charge in [0.15, 0.2) is 0 Å².